The van der Waals surface area contributed by atoms with Gasteiger partial charge in [0.05, 0.1) is 29.5 Å². The summed E-state index contributed by atoms with van der Waals surface area (Å²) in [4.78, 5) is 31.7. The third-order valence-corrected chi connectivity index (χ3v) is 6.70. The van der Waals surface area contributed by atoms with Gasteiger partial charge in [0.25, 0.3) is 5.56 Å². The molecular formula is C25H23ClN2O5S. The van der Waals surface area contributed by atoms with Crippen molar-refractivity contribution in [2.45, 2.75) is 13.0 Å². The number of thiazole rings is 1. The summed E-state index contributed by atoms with van der Waals surface area (Å²) >= 11 is 7.79. The van der Waals surface area contributed by atoms with Gasteiger partial charge in [-0.3, -0.25) is 9.36 Å². The number of allylic oxidation sites excluding steroid dienone is 1. The van der Waals surface area contributed by atoms with Gasteiger partial charge in [-0.1, -0.05) is 53.3 Å². The lowest BCUT2D eigenvalue weighted by Crippen LogP contribution is -2.40. The van der Waals surface area contributed by atoms with Crippen molar-refractivity contribution in [2.24, 2.45) is 4.99 Å². The van der Waals surface area contributed by atoms with Gasteiger partial charge in [0.2, 0.25) is 0 Å². The van der Waals surface area contributed by atoms with Crippen molar-refractivity contribution >= 4 is 35.0 Å². The molecule has 1 aromatic heterocycles. The van der Waals surface area contributed by atoms with Crippen LogP contribution >= 0.6 is 22.9 Å². The lowest BCUT2D eigenvalue weighted by Gasteiger charge is -2.25. The van der Waals surface area contributed by atoms with Crippen molar-refractivity contribution in [2.75, 3.05) is 27.4 Å². The summed E-state index contributed by atoms with van der Waals surface area (Å²) in [6.45, 7) is 2.08. The normalized spacial score (nSPS) is 15.6. The lowest BCUT2D eigenvalue weighted by atomic mass is 9.96. The van der Waals surface area contributed by atoms with Gasteiger partial charge in [0, 0.05) is 12.1 Å². The van der Waals surface area contributed by atoms with Gasteiger partial charge in [0.1, 0.15) is 18.4 Å². The molecule has 0 spiro atoms. The molecule has 3 aromatic rings. The van der Waals surface area contributed by atoms with E-state index in [4.69, 9.17) is 25.8 Å². The van der Waals surface area contributed by atoms with Crippen LogP contribution < -0.4 is 19.6 Å². The smallest absolute Gasteiger partial charge is 0.338 e. The molecule has 0 fully saturated rings. The number of hydrogen-bond acceptors (Lipinski definition) is 7. The zero-order valence-electron chi connectivity index (χ0n) is 18.9. The number of aromatic nitrogens is 1. The van der Waals surface area contributed by atoms with Crippen LogP contribution in [0.1, 0.15) is 24.1 Å². The first-order valence-electron chi connectivity index (χ1n) is 10.5. The van der Waals surface area contributed by atoms with Gasteiger partial charge in [-0.2, -0.15) is 0 Å². The third-order valence-electron chi connectivity index (χ3n) is 5.38. The van der Waals surface area contributed by atoms with Gasteiger partial charge in [-0.15, -0.1) is 0 Å². The number of benzene rings is 2. The van der Waals surface area contributed by atoms with E-state index in [1.807, 2.05) is 30.3 Å². The van der Waals surface area contributed by atoms with Crippen molar-refractivity contribution in [1.29, 1.82) is 0 Å². The summed E-state index contributed by atoms with van der Waals surface area (Å²) < 4.78 is 17.6. The molecule has 0 N–H and O–H groups in total. The summed E-state index contributed by atoms with van der Waals surface area (Å²) in [6.07, 6.45) is 1.79. The molecule has 1 atom stereocenters. The maximum atomic E-state index is 13.6. The SMILES string of the molecule is COCCOC(=O)C1=C(C)N=c2sc(=Cc3ccc(OC)cc3)c(=O)n2[C@H]1c1ccccc1Cl. The Labute approximate surface area is 205 Å². The molecule has 1 aliphatic heterocycles. The van der Waals surface area contributed by atoms with E-state index in [2.05, 4.69) is 4.99 Å². The Morgan fingerprint density at radius 3 is 2.56 bits per heavy atom. The standard InChI is InChI=1S/C25H23ClN2O5S/c1-15-21(24(30)33-13-12-31-2)22(18-6-4-5-7-19(18)26)28-23(29)20(34-25(28)27-15)14-16-8-10-17(32-3)11-9-16/h4-11,14,22H,12-13H2,1-3H3/t22-/m0/s1. The van der Waals surface area contributed by atoms with E-state index < -0.39 is 12.0 Å². The Morgan fingerprint density at radius 2 is 1.88 bits per heavy atom. The second kappa shape index (κ2) is 10.4. The van der Waals surface area contributed by atoms with E-state index in [0.29, 0.717) is 25.6 Å². The highest BCUT2D eigenvalue weighted by atomic mass is 35.5. The van der Waals surface area contributed by atoms with Gasteiger partial charge in [-0.25, -0.2) is 9.79 Å². The minimum atomic E-state index is -0.766. The number of ether oxygens (including phenoxy) is 3. The largest absolute Gasteiger partial charge is 0.497 e. The van der Waals surface area contributed by atoms with Crippen LogP contribution in [0.3, 0.4) is 0 Å². The van der Waals surface area contributed by atoms with E-state index >= 15 is 0 Å². The Bertz CT molecular complexity index is 1420. The van der Waals surface area contributed by atoms with Crippen LogP contribution in [0.25, 0.3) is 6.08 Å². The number of rotatable bonds is 7. The second-order valence-corrected chi connectivity index (χ2v) is 8.92. The van der Waals surface area contributed by atoms with Gasteiger partial charge in [-0.05, 0) is 42.3 Å². The summed E-state index contributed by atoms with van der Waals surface area (Å²) in [5, 5.41) is 0.439. The van der Waals surface area contributed by atoms with Crippen LogP contribution in [0.4, 0.5) is 0 Å². The number of carbonyl (C=O) groups excluding carboxylic acids is 1. The van der Waals surface area contributed by atoms with E-state index in [0.717, 1.165) is 11.3 Å². The Hall–Kier alpha value is -3.20. The summed E-state index contributed by atoms with van der Waals surface area (Å²) in [5.41, 5.74) is 1.95. The molecule has 0 saturated heterocycles. The molecule has 0 radical (unpaired) electrons. The monoisotopic (exact) mass is 498 g/mol. The highest BCUT2D eigenvalue weighted by molar-refractivity contribution is 7.07. The molecule has 0 saturated carbocycles. The third kappa shape index (κ3) is 4.70. The van der Waals surface area contributed by atoms with E-state index in [1.165, 1.54) is 23.0 Å². The fourth-order valence-corrected chi connectivity index (χ4v) is 5.01. The number of esters is 1. The van der Waals surface area contributed by atoms with Crippen LogP contribution in [0.15, 0.2) is 69.6 Å². The van der Waals surface area contributed by atoms with E-state index in [9.17, 15) is 9.59 Å². The predicted octanol–water partition coefficient (Wildman–Crippen LogP) is 3.09. The number of fused-ring (bicyclic) bond motifs is 1. The van der Waals surface area contributed by atoms with Gasteiger partial charge < -0.3 is 14.2 Å². The number of hydrogen-bond donors (Lipinski definition) is 0. The maximum absolute atomic E-state index is 13.6. The van der Waals surface area contributed by atoms with Crippen molar-refractivity contribution in [3.8, 4) is 5.75 Å². The number of carbonyl (C=O) groups is 1. The molecule has 2 aromatic carbocycles. The molecule has 34 heavy (non-hydrogen) atoms. The Kier molecular flexibility index (Phi) is 7.31. The van der Waals surface area contributed by atoms with Gasteiger partial charge in [0.15, 0.2) is 4.80 Å². The molecule has 0 aliphatic carbocycles. The van der Waals surface area contributed by atoms with Crippen LogP contribution in [-0.2, 0) is 14.3 Å². The first kappa shape index (κ1) is 23.9. The van der Waals surface area contributed by atoms with Crippen molar-refractivity contribution in [3.05, 3.63) is 95.6 Å². The average molecular weight is 499 g/mol. The highest BCUT2D eigenvalue weighted by Crippen LogP contribution is 2.34. The maximum Gasteiger partial charge on any atom is 0.338 e. The van der Waals surface area contributed by atoms with Crippen molar-refractivity contribution < 1.29 is 19.0 Å². The first-order valence-corrected chi connectivity index (χ1v) is 11.7. The average Bonchev–Trinajstić information content (AvgIpc) is 3.13. The quantitative estimate of drug-likeness (QED) is 0.369. The molecule has 2 heterocycles. The zero-order valence-corrected chi connectivity index (χ0v) is 20.5. The molecule has 4 rings (SSSR count). The molecule has 176 valence electrons. The number of halogens is 1. The minimum Gasteiger partial charge on any atom is -0.497 e. The van der Waals surface area contributed by atoms with E-state index in [1.54, 1.807) is 38.3 Å². The van der Waals surface area contributed by atoms with Crippen LogP contribution in [-0.4, -0.2) is 38.0 Å². The Morgan fingerprint density at radius 1 is 1.15 bits per heavy atom. The minimum absolute atomic E-state index is 0.0866. The van der Waals surface area contributed by atoms with Gasteiger partial charge >= 0.3 is 5.97 Å². The molecule has 7 nitrogen and oxygen atoms in total. The van der Waals surface area contributed by atoms with Crippen molar-refractivity contribution in [3.63, 3.8) is 0 Å². The fourth-order valence-electron chi connectivity index (χ4n) is 3.72. The fraction of sp³-hybridized carbons (Fsp3) is 0.240. The first-order chi connectivity index (χ1) is 16.4. The van der Waals surface area contributed by atoms with Crippen LogP contribution in [0, 0.1) is 0 Å². The second-order valence-electron chi connectivity index (χ2n) is 7.51. The number of nitrogens with zero attached hydrogens (tertiary/aromatic N) is 2. The molecule has 9 heteroatoms. The summed E-state index contributed by atoms with van der Waals surface area (Å²) in [6, 6.07) is 13.8. The zero-order chi connectivity index (χ0) is 24.2. The molecule has 0 bridgehead atoms. The molecular weight excluding hydrogens is 476 g/mol. The predicted molar refractivity (Wildman–Crippen MR) is 131 cm³/mol. The summed E-state index contributed by atoms with van der Waals surface area (Å²) in [5.74, 6) is 0.164. The van der Waals surface area contributed by atoms with E-state index in [-0.39, 0.29) is 24.3 Å². The van der Waals surface area contributed by atoms with Crippen LogP contribution in [0.5, 0.6) is 5.75 Å². The van der Waals surface area contributed by atoms with Crippen LogP contribution in [0.2, 0.25) is 5.02 Å². The molecule has 0 amide bonds. The Balaban J connectivity index is 1.88. The van der Waals surface area contributed by atoms with Crippen molar-refractivity contribution in [1.82, 2.24) is 4.57 Å². The summed E-state index contributed by atoms with van der Waals surface area (Å²) in [7, 11) is 3.13. The molecule has 0 unspecified atom stereocenters. The lowest BCUT2D eigenvalue weighted by molar-refractivity contribution is -0.140. The number of methoxy groups -OCH3 is 2. The topological polar surface area (TPSA) is 79.1 Å². The molecule has 1 aliphatic rings. The highest BCUT2D eigenvalue weighted by Gasteiger charge is 2.34.